The van der Waals surface area contributed by atoms with Crippen LogP contribution in [-0.2, 0) is 0 Å². The van der Waals surface area contributed by atoms with Crippen molar-refractivity contribution in [1.82, 2.24) is 19.7 Å². The number of para-hydroxylation sites is 1. The van der Waals surface area contributed by atoms with Gasteiger partial charge < -0.3 is 20.2 Å². The summed E-state index contributed by atoms with van der Waals surface area (Å²) in [6.07, 6.45) is 3.30. The number of hydrogen-bond acceptors (Lipinski definition) is 6. The number of aromatic amines is 1. The second-order valence-corrected chi connectivity index (χ2v) is 7.10. The van der Waals surface area contributed by atoms with Gasteiger partial charge in [0.15, 0.2) is 11.5 Å². The standard InChI is InChI=1S/C23H19N5O3/c1-13-10-19(31-14-6-5-9-25-12-14)18(30-2)11-17(13)28-22(24)20-21(27-28)15-7-3-4-8-16(15)26-23(20)29/h3-12H,24H2,1-2H3,(H,26,29). The molecule has 0 aliphatic rings. The highest BCUT2D eigenvalue weighted by atomic mass is 16.5. The van der Waals surface area contributed by atoms with Crippen LogP contribution < -0.4 is 20.8 Å². The van der Waals surface area contributed by atoms with Gasteiger partial charge in [0.25, 0.3) is 5.56 Å². The summed E-state index contributed by atoms with van der Waals surface area (Å²) in [5.74, 6) is 1.89. The Labute approximate surface area is 176 Å². The predicted molar refractivity (Wildman–Crippen MR) is 119 cm³/mol. The van der Waals surface area contributed by atoms with Crippen LogP contribution in [0.15, 0.2) is 65.7 Å². The summed E-state index contributed by atoms with van der Waals surface area (Å²) < 4.78 is 13.0. The maximum absolute atomic E-state index is 12.7. The van der Waals surface area contributed by atoms with Crippen molar-refractivity contribution in [3.05, 3.63) is 76.8 Å². The van der Waals surface area contributed by atoms with Crippen molar-refractivity contribution in [3.63, 3.8) is 0 Å². The number of nitrogens with one attached hydrogen (secondary N) is 1. The number of ether oxygens (including phenoxy) is 2. The van der Waals surface area contributed by atoms with E-state index in [1.165, 1.54) is 0 Å². The number of H-pyrrole nitrogens is 1. The molecule has 31 heavy (non-hydrogen) atoms. The SMILES string of the molecule is COc1cc(-n2nc3c(c2N)c(=O)[nH]c2ccccc23)c(C)cc1Oc1cccnc1. The van der Waals surface area contributed by atoms with Crippen LogP contribution in [0.1, 0.15) is 5.56 Å². The summed E-state index contributed by atoms with van der Waals surface area (Å²) in [6, 6.07) is 14.7. The third-order valence-corrected chi connectivity index (χ3v) is 5.15. The molecule has 0 atom stereocenters. The fourth-order valence-electron chi connectivity index (χ4n) is 3.66. The summed E-state index contributed by atoms with van der Waals surface area (Å²) in [4.78, 5) is 19.6. The van der Waals surface area contributed by atoms with E-state index in [0.29, 0.717) is 39.4 Å². The number of benzene rings is 2. The lowest BCUT2D eigenvalue weighted by Gasteiger charge is -2.15. The Morgan fingerprint density at radius 2 is 1.94 bits per heavy atom. The fraction of sp³-hybridized carbons (Fsp3) is 0.0870. The lowest BCUT2D eigenvalue weighted by molar-refractivity contribution is 0.378. The van der Waals surface area contributed by atoms with E-state index >= 15 is 0 Å². The van der Waals surface area contributed by atoms with Crippen molar-refractivity contribution in [3.8, 4) is 22.9 Å². The fourth-order valence-corrected chi connectivity index (χ4v) is 3.66. The maximum Gasteiger partial charge on any atom is 0.261 e. The van der Waals surface area contributed by atoms with E-state index < -0.39 is 0 Å². The number of fused-ring (bicyclic) bond motifs is 3. The Morgan fingerprint density at radius 3 is 2.71 bits per heavy atom. The van der Waals surface area contributed by atoms with Crippen LogP contribution in [-0.4, -0.2) is 26.9 Å². The van der Waals surface area contributed by atoms with Crippen LogP contribution in [0.5, 0.6) is 17.2 Å². The Balaban J connectivity index is 1.70. The molecule has 0 saturated heterocycles. The van der Waals surface area contributed by atoms with E-state index in [1.807, 2.05) is 43.3 Å². The number of nitrogens with two attached hydrogens (primary N) is 1. The molecule has 5 aromatic rings. The minimum Gasteiger partial charge on any atom is -0.493 e. The molecule has 0 bridgehead atoms. The number of nitrogen functional groups attached to an aromatic ring is 1. The molecule has 3 N–H and O–H groups in total. The molecule has 3 aromatic heterocycles. The third-order valence-electron chi connectivity index (χ3n) is 5.15. The van der Waals surface area contributed by atoms with Crippen LogP contribution in [0.4, 0.5) is 5.82 Å². The Bertz CT molecular complexity index is 1490. The Hall–Kier alpha value is -4.33. The maximum atomic E-state index is 12.7. The van der Waals surface area contributed by atoms with Gasteiger partial charge in [-0.15, -0.1) is 0 Å². The highest BCUT2D eigenvalue weighted by Gasteiger charge is 2.19. The number of rotatable bonds is 4. The van der Waals surface area contributed by atoms with Crippen LogP contribution in [0, 0.1) is 6.92 Å². The first-order valence-electron chi connectivity index (χ1n) is 9.63. The summed E-state index contributed by atoms with van der Waals surface area (Å²) in [6.45, 7) is 1.92. The second kappa shape index (κ2) is 7.17. The van der Waals surface area contributed by atoms with Crippen LogP contribution >= 0.6 is 0 Å². The molecule has 0 unspecified atom stereocenters. The van der Waals surface area contributed by atoms with Crippen molar-refractivity contribution >= 4 is 27.6 Å². The van der Waals surface area contributed by atoms with Crippen molar-refractivity contribution in [2.45, 2.75) is 6.92 Å². The van der Waals surface area contributed by atoms with Crippen molar-refractivity contribution in [1.29, 1.82) is 0 Å². The number of anilines is 1. The predicted octanol–water partition coefficient (Wildman–Crippen LogP) is 3.95. The van der Waals surface area contributed by atoms with Crippen molar-refractivity contribution in [2.75, 3.05) is 12.8 Å². The molecule has 0 saturated carbocycles. The van der Waals surface area contributed by atoms with Gasteiger partial charge in [-0.25, -0.2) is 4.68 Å². The van der Waals surface area contributed by atoms with E-state index in [4.69, 9.17) is 15.2 Å². The number of nitrogens with zero attached hydrogens (tertiary/aromatic N) is 3. The van der Waals surface area contributed by atoms with Gasteiger partial charge >= 0.3 is 0 Å². The van der Waals surface area contributed by atoms with E-state index in [-0.39, 0.29) is 11.4 Å². The molecule has 8 nitrogen and oxygen atoms in total. The van der Waals surface area contributed by atoms with E-state index in [1.54, 1.807) is 36.3 Å². The molecule has 154 valence electrons. The largest absolute Gasteiger partial charge is 0.493 e. The monoisotopic (exact) mass is 413 g/mol. The van der Waals surface area contributed by atoms with Crippen LogP contribution in [0.25, 0.3) is 27.5 Å². The summed E-state index contributed by atoms with van der Waals surface area (Å²) >= 11 is 0. The topological polar surface area (TPSA) is 108 Å². The number of pyridine rings is 2. The molecule has 3 heterocycles. The molecule has 0 radical (unpaired) electrons. The molecule has 8 heteroatoms. The molecule has 0 spiro atoms. The molecule has 0 aliphatic carbocycles. The van der Waals surface area contributed by atoms with Gasteiger partial charge in [-0.1, -0.05) is 18.2 Å². The number of aryl methyl sites for hydroxylation is 1. The minimum atomic E-state index is -0.279. The van der Waals surface area contributed by atoms with Gasteiger partial charge in [-0.2, -0.15) is 5.10 Å². The second-order valence-electron chi connectivity index (χ2n) is 7.10. The minimum absolute atomic E-state index is 0.257. The lowest BCUT2D eigenvalue weighted by Crippen LogP contribution is -2.09. The van der Waals surface area contributed by atoms with E-state index in [9.17, 15) is 4.79 Å². The zero-order valence-electron chi connectivity index (χ0n) is 16.9. The van der Waals surface area contributed by atoms with Gasteiger partial charge in [0.05, 0.1) is 24.5 Å². The van der Waals surface area contributed by atoms with Gasteiger partial charge in [0.2, 0.25) is 0 Å². The average molecular weight is 413 g/mol. The van der Waals surface area contributed by atoms with E-state index in [0.717, 1.165) is 10.9 Å². The number of hydrogen-bond donors (Lipinski definition) is 2. The van der Waals surface area contributed by atoms with Gasteiger partial charge in [-0.05, 0) is 36.8 Å². The normalized spacial score (nSPS) is 11.2. The summed E-state index contributed by atoms with van der Waals surface area (Å²) in [7, 11) is 1.56. The first kappa shape index (κ1) is 18.7. The smallest absolute Gasteiger partial charge is 0.261 e. The zero-order chi connectivity index (χ0) is 21.5. The number of methoxy groups -OCH3 is 1. The van der Waals surface area contributed by atoms with Crippen LogP contribution in [0.2, 0.25) is 0 Å². The lowest BCUT2D eigenvalue weighted by atomic mass is 10.1. The zero-order valence-corrected chi connectivity index (χ0v) is 16.9. The molecule has 5 rings (SSSR count). The van der Waals surface area contributed by atoms with Gasteiger partial charge in [0, 0.05) is 17.6 Å². The third kappa shape index (κ3) is 3.05. The van der Waals surface area contributed by atoms with Crippen LogP contribution in [0.3, 0.4) is 0 Å². The average Bonchev–Trinajstić information content (AvgIpc) is 3.13. The van der Waals surface area contributed by atoms with Crippen molar-refractivity contribution < 1.29 is 9.47 Å². The molecule has 0 aliphatic heterocycles. The summed E-state index contributed by atoms with van der Waals surface area (Å²) in [5, 5.41) is 5.86. The van der Waals surface area contributed by atoms with E-state index in [2.05, 4.69) is 15.1 Å². The molecule has 2 aromatic carbocycles. The molecule has 0 fully saturated rings. The van der Waals surface area contributed by atoms with Crippen molar-refractivity contribution in [2.24, 2.45) is 0 Å². The first-order valence-corrected chi connectivity index (χ1v) is 9.63. The molecule has 0 amide bonds. The highest BCUT2D eigenvalue weighted by molar-refractivity contribution is 6.06. The quantitative estimate of drug-likeness (QED) is 0.462. The first-order chi connectivity index (χ1) is 15.1. The molecular weight excluding hydrogens is 394 g/mol. The van der Waals surface area contributed by atoms with Gasteiger partial charge in [-0.3, -0.25) is 9.78 Å². The molecular formula is C23H19N5O3. The highest BCUT2D eigenvalue weighted by Crippen LogP contribution is 2.37. The number of aromatic nitrogens is 4. The summed E-state index contributed by atoms with van der Waals surface area (Å²) in [5.41, 5.74) is 8.90. The van der Waals surface area contributed by atoms with Gasteiger partial charge in [0.1, 0.15) is 22.5 Å². The Morgan fingerprint density at radius 1 is 1.10 bits per heavy atom. The Kier molecular flexibility index (Phi) is 4.32.